The van der Waals surface area contributed by atoms with Gasteiger partial charge in [0, 0.05) is 37.9 Å². The number of benzene rings is 1. The molecular formula is C28H35N3O2. The number of hydrogen-bond donors (Lipinski definition) is 1. The normalized spacial score (nSPS) is 21.4. The van der Waals surface area contributed by atoms with Gasteiger partial charge in [-0.25, -0.2) is 0 Å². The molecule has 1 aliphatic heterocycles. The fourth-order valence-corrected chi connectivity index (χ4v) is 5.49. The molecule has 2 aromatic rings. The molecule has 1 unspecified atom stereocenters. The van der Waals surface area contributed by atoms with Crippen molar-refractivity contribution in [3.05, 3.63) is 67.0 Å². The Bertz CT molecular complexity index is 968. The number of amides is 2. The van der Waals surface area contributed by atoms with E-state index in [2.05, 4.69) is 35.1 Å². The molecule has 1 saturated heterocycles. The first-order valence-corrected chi connectivity index (χ1v) is 12.3. The summed E-state index contributed by atoms with van der Waals surface area (Å²) in [6, 6.07) is 12.4. The van der Waals surface area contributed by atoms with Crippen molar-refractivity contribution in [2.24, 2.45) is 11.3 Å². The Balaban J connectivity index is 1.59. The quantitative estimate of drug-likeness (QED) is 0.624. The number of pyridine rings is 1. The highest BCUT2D eigenvalue weighted by Crippen LogP contribution is 2.37. The number of nitrogens with one attached hydrogen (secondary N) is 1. The van der Waals surface area contributed by atoms with Crippen LogP contribution in [0.25, 0.3) is 11.1 Å². The molecule has 1 aromatic heterocycles. The molecule has 0 radical (unpaired) electrons. The van der Waals surface area contributed by atoms with Crippen molar-refractivity contribution < 1.29 is 9.59 Å². The van der Waals surface area contributed by atoms with Crippen LogP contribution in [0.2, 0.25) is 0 Å². The minimum atomic E-state index is -0.623. The van der Waals surface area contributed by atoms with Crippen LogP contribution in [-0.4, -0.2) is 41.3 Å². The van der Waals surface area contributed by atoms with Gasteiger partial charge in [-0.2, -0.15) is 0 Å². The van der Waals surface area contributed by atoms with Crippen molar-refractivity contribution >= 4 is 11.8 Å². The number of hydrogen-bond acceptors (Lipinski definition) is 3. The summed E-state index contributed by atoms with van der Waals surface area (Å²) in [7, 11) is 0. The summed E-state index contributed by atoms with van der Waals surface area (Å²) >= 11 is 0. The minimum Gasteiger partial charge on any atom is -0.352 e. The van der Waals surface area contributed by atoms with Gasteiger partial charge in [0.2, 0.25) is 11.8 Å². The lowest BCUT2D eigenvalue weighted by Crippen LogP contribution is -2.55. The fourth-order valence-electron chi connectivity index (χ4n) is 5.49. The van der Waals surface area contributed by atoms with E-state index in [4.69, 9.17) is 0 Å². The second-order valence-electron chi connectivity index (χ2n) is 9.59. The monoisotopic (exact) mass is 445 g/mol. The molecule has 4 rings (SSSR count). The molecule has 33 heavy (non-hydrogen) atoms. The second kappa shape index (κ2) is 10.8. The summed E-state index contributed by atoms with van der Waals surface area (Å²) in [6.07, 6.45) is 13.0. The number of piperidine rings is 1. The average Bonchev–Trinajstić information content (AvgIpc) is 2.88. The molecule has 1 N–H and O–H groups in total. The van der Waals surface area contributed by atoms with E-state index < -0.39 is 5.41 Å². The maximum Gasteiger partial charge on any atom is 0.228 e. The standard InChI is InChI=1S/C28H35N3O2/c1-2-15-30-27(33)28(14-7-18-31(21-28)26(32)24-9-4-3-5-10-24)20-22-8-6-11-25(19-22)23-12-16-29-17-13-23/h2,6,8,11-13,16-17,19,24H,1,3-5,7,9-10,14-15,18,20-21H2,(H,30,33). The van der Waals surface area contributed by atoms with Crippen molar-refractivity contribution in [1.82, 2.24) is 15.2 Å². The highest BCUT2D eigenvalue weighted by Gasteiger charge is 2.44. The van der Waals surface area contributed by atoms with Gasteiger partial charge in [-0.1, -0.05) is 49.6 Å². The third kappa shape index (κ3) is 5.52. The number of carbonyl (C=O) groups excluding carboxylic acids is 2. The van der Waals surface area contributed by atoms with Crippen LogP contribution in [0.15, 0.2) is 61.4 Å². The molecule has 5 heteroatoms. The topological polar surface area (TPSA) is 62.3 Å². The Morgan fingerprint density at radius 2 is 1.88 bits per heavy atom. The number of rotatable bonds is 7. The molecule has 1 atom stereocenters. The van der Waals surface area contributed by atoms with Crippen LogP contribution < -0.4 is 5.32 Å². The Morgan fingerprint density at radius 3 is 2.64 bits per heavy atom. The van der Waals surface area contributed by atoms with Crippen LogP contribution in [0.5, 0.6) is 0 Å². The van der Waals surface area contributed by atoms with E-state index in [0.29, 0.717) is 19.5 Å². The van der Waals surface area contributed by atoms with Crippen LogP contribution in [0.1, 0.15) is 50.5 Å². The fraction of sp³-hybridized carbons (Fsp3) is 0.464. The summed E-state index contributed by atoms with van der Waals surface area (Å²) in [4.78, 5) is 32.9. The van der Waals surface area contributed by atoms with E-state index in [-0.39, 0.29) is 17.7 Å². The molecule has 2 amide bonds. The van der Waals surface area contributed by atoms with Crippen molar-refractivity contribution in [3.63, 3.8) is 0 Å². The lowest BCUT2D eigenvalue weighted by Gasteiger charge is -2.43. The Hall–Kier alpha value is -2.95. The van der Waals surface area contributed by atoms with Crippen LogP contribution >= 0.6 is 0 Å². The highest BCUT2D eigenvalue weighted by atomic mass is 16.2. The molecule has 2 heterocycles. The molecular weight excluding hydrogens is 410 g/mol. The van der Waals surface area contributed by atoms with Crippen LogP contribution in [-0.2, 0) is 16.0 Å². The highest BCUT2D eigenvalue weighted by molar-refractivity contribution is 5.85. The largest absolute Gasteiger partial charge is 0.352 e. The zero-order valence-electron chi connectivity index (χ0n) is 19.5. The van der Waals surface area contributed by atoms with Crippen molar-refractivity contribution in [3.8, 4) is 11.1 Å². The number of aromatic nitrogens is 1. The predicted molar refractivity (Wildman–Crippen MR) is 131 cm³/mol. The van der Waals surface area contributed by atoms with E-state index in [1.54, 1.807) is 18.5 Å². The number of nitrogens with zero attached hydrogens (tertiary/aromatic N) is 2. The summed E-state index contributed by atoms with van der Waals surface area (Å²) in [5.74, 6) is 0.402. The van der Waals surface area contributed by atoms with Crippen LogP contribution in [0, 0.1) is 11.3 Å². The lowest BCUT2D eigenvalue weighted by molar-refractivity contribution is -0.145. The van der Waals surface area contributed by atoms with Gasteiger partial charge in [-0.05, 0) is 60.9 Å². The second-order valence-corrected chi connectivity index (χ2v) is 9.59. The van der Waals surface area contributed by atoms with Crippen molar-refractivity contribution in [2.75, 3.05) is 19.6 Å². The predicted octanol–water partition coefficient (Wildman–Crippen LogP) is 4.78. The summed E-state index contributed by atoms with van der Waals surface area (Å²) in [5, 5.41) is 3.05. The van der Waals surface area contributed by atoms with E-state index in [0.717, 1.165) is 61.8 Å². The maximum atomic E-state index is 13.5. The summed E-state index contributed by atoms with van der Waals surface area (Å²) in [5.41, 5.74) is 2.71. The first-order chi connectivity index (χ1) is 16.1. The van der Waals surface area contributed by atoms with E-state index in [1.165, 1.54) is 6.42 Å². The first-order valence-electron chi connectivity index (χ1n) is 12.3. The molecule has 1 aromatic carbocycles. The van der Waals surface area contributed by atoms with Gasteiger partial charge in [-0.3, -0.25) is 14.6 Å². The van der Waals surface area contributed by atoms with Gasteiger partial charge < -0.3 is 10.2 Å². The van der Waals surface area contributed by atoms with Gasteiger partial charge in [0.05, 0.1) is 5.41 Å². The van der Waals surface area contributed by atoms with Crippen LogP contribution in [0.4, 0.5) is 0 Å². The van der Waals surface area contributed by atoms with Gasteiger partial charge >= 0.3 is 0 Å². The van der Waals surface area contributed by atoms with E-state index in [1.807, 2.05) is 23.1 Å². The molecule has 0 bridgehead atoms. The first kappa shape index (κ1) is 23.2. The van der Waals surface area contributed by atoms with Gasteiger partial charge in [0.1, 0.15) is 0 Å². The van der Waals surface area contributed by atoms with Gasteiger partial charge in [0.25, 0.3) is 0 Å². The number of likely N-dealkylation sites (tertiary alicyclic amines) is 1. The van der Waals surface area contributed by atoms with Gasteiger partial charge in [-0.15, -0.1) is 6.58 Å². The van der Waals surface area contributed by atoms with Crippen molar-refractivity contribution in [1.29, 1.82) is 0 Å². The Kier molecular flexibility index (Phi) is 7.58. The third-order valence-electron chi connectivity index (χ3n) is 7.21. The summed E-state index contributed by atoms with van der Waals surface area (Å²) < 4.78 is 0. The zero-order chi connectivity index (χ0) is 23.1. The van der Waals surface area contributed by atoms with E-state index >= 15 is 0 Å². The zero-order valence-corrected chi connectivity index (χ0v) is 19.5. The molecule has 1 aliphatic carbocycles. The Morgan fingerprint density at radius 1 is 1.09 bits per heavy atom. The van der Waals surface area contributed by atoms with Gasteiger partial charge in [0.15, 0.2) is 0 Å². The lowest BCUT2D eigenvalue weighted by atomic mass is 9.73. The molecule has 2 aliphatic rings. The van der Waals surface area contributed by atoms with E-state index in [9.17, 15) is 9.59 Å². The maximum absolute atomic E-state index is 13.5. The van der Waals surface area contributed by atoms with Crippen LogP contribution in [0.3, 0.4) is 0 Å². The average molecular weight is 446 g/mol. The summed E-state index contributed by atoms with van der Waals surface area (Å²) in [6.45, 7) is 5.43. The smallest absolute Gasteiger partial charge is 0.228 e. The molecule has 1 saturated carbocycles. The minimum absolute atomic E-state index is 0.0258. The SMILES string of the molecule is C=CCNC(=O)C1(Cc2cccc(-c3ccncc3)c2)CCCN(C(=O)C2CCCCC2)C1. The van der Waals surface area contributed by atoms with Crippen molar-refractivity contribution in [2.45, 2.75) is 51.4 Å². The third-order valence-corrected chi connectivity index (χ3v) is 7.21. The molecule has 2 fully saturated rings. The molecule has 5 nitrogen and oxygen atoms in total. The Labute approximate surface area is 197 Å². The molecule has 0 spiro atoms. The number of carbonyl (C=O) groups is 2. The molecule has 174 valence electrons.